The van der Waals surface area contributed by atoms with Gasteiger partial charge in [-0.15, -0.1) is 0 Å². The van der Waals surface area contributed by atoms with Gasteiger partial charge in [-0.1, -0.05) is 6.42 Å². The highest BCUT2D eigenvalue weighted by Gasteiger charge is 2.26. The molecule has 4 nitrogen and oxygen atoms in total. The lowest BCUT2D eigenvalue weighted by Gasteiger charge is -2.29. The van der Waals surface area contributed by atoms with E-state index < -0.39 is 0 Å². The molecule has 0 aromatic heterocycles. The first-order valence-electron chi connectivity index (χ1n) is 6.38. The topological polar surface area (TPSA) is 44.9 Å². The Balaban J connectivity index is 2.20. The van der Waals surface area contributed by atoms with Gasteiger partial charge in [-0.3, -0.25) is 4.90 Å². The fourth-order valence-corrected chi connectivity index (χ4v) is 2.61. The van der Waals surface area contributed by atoms with Crippen molar-refractivity contribution in [3.05, 3.63) is 34.0 Å². The molecule has 1 saturated heterocycles. The third kappa shape index (κ3) is 2.46. The molecule has 2 rings (SSSR count). The van der Waals surface area contributed by atoms with Gasteiger partial charge in [0.05, 0.1) is 13.0 Å². The van der Waals surface area contributed by atoms with Gasteiger partial charge in [0.25, 0.3) is 0 Å². The van der Waals surface area contributed by atoms with Crippen molar-refractivity contribution in [2.24, 2.45) is 0 Å². The average Bonchev–Trinajstić information content (AvgIpc) is 2.36. The highest BCUT2D eigenvalue weighted by molar-refractivity contribution is 6.01. The van der Waals surface area contributed by atoms with Gasteiger partial charge >= 0.3 is 0 Å². The number of hydrogen-bond acceptors (Lipinski definition) is 3. The maximum Gasteiger partial charge on any atom is 0.232 e. The number of carbonyl (C=O) groups excluding carboxylic acids is 1. The maximum absolute atomic E-state index is 11.6. The van der Waals surface area contributed by atoms with Crippen LogP contribution in [0.15, 0.2) is 22.6 Å². The molecule has 18 heavy (non-hydrogen) atoms. The molecule has 96 valence electrons. The molecular formula is C14H18N2O2. The van der Waals surface area contributed by atoms with Gasteiger partial charge in [-0.05, 0) is 44.0 Å². The van der Waals surface area contributed by atoms with Gasteiger partial charge < -0.3 is 9.90 Å². The molecule has 1 aliphatic heterocycles. The molecule has 0 saturated carbocycles. The minimum absolute atomic E-state index is 0.0156. The van der Waals surface area contributed by atoms with Crippen LogP contribution in [0, 0.1) is 6.57 Å². The van der Waals surface area contributed by atoms with E-state index in [0.717, 1.165) is 18.7 Å². The van der Waals surface area contributed by atoms with Gasteiger partial charge in [0.1, 0.15) is 5.76 Å². The molecule has 2 aliphatic rings. The zero-order valence-corrected chi connectivity index (χ0v) is 10.7. The van der Waals surface area contributed by atoms with Crippen LogP contribution < -0.4 is 0 Å². The normalized spacial score (nSPS) is 22.3. The first-order valence-corrected chi connectivity index (χ1v) is 6.38. The fourth-order valence-electron chi connectivity index (χ4n) is 2.61. The minimum Gasteiger partial charge on any atom is -0.512 e. The number of aliphatic hydroxyl groups is 1. The van der Waals surface area contributed by atoms with Crippen LogP contribution >= 0.6 is 0 Å². The number of allylic oxidation sites excluding steroid dienone is 2. The van der Waals surface area contributed by atoms with Crippen molar-refractivity contribution in [3.63, 3.8) is 0 Å². The number of nitrogens with zero attached hydrogens (tertiary/aromatic N) is 2. The lowest BCUT2D eigenvalue weighted by Crippen LogP contribution is -2.33. The van der Waals surface area contributed by atoms with E-state index in [1.54, 1.807) is 6.92 Å². The summed E-state index contributed by atoms with van der Waals surface area (Å²) >= 11 is 0. The molecule has 0 atom stereocenters. The molecule has 1 aliphatic carbocycles. The first-order chi connectivity index (χ1) is 8.63. The largest absolute Gasteiger partial charge is 0.512 e. The third-order valence-corrected chi connectivity index (χ3v) is 3.69. The molecular weight excluding hydrogens is 228 g/mol. The second kappa shape index (κ2) is 5.36. The Morgan fingerprint density at radius 2 is 2.00 bits per heavy atom. The number of aliphatic hydroxyl groups excluding tert-OH is 1. The number of carbonyl (C=O) groups is 1. The molecule has 0 spiro atoms. The summed E-state index contributed by atoms with van der Waals surface area (Å²) in [5.41, 5.74) is 1.63. The number of hydrogen-bond donors (Lipinski definition) is 1. The zero-order chi connectivity index (χ0) is 13.1. The molecule has 0 aromatic carbocycles. The lowest BCUT2D eigenvalue weighted by molar-refractivity contribution is -0.115. The Bertz CT molecular complexity index is 463. The molecule has 1 heterocycles. The molecule has 1 N–H and O–H groups in total. The summed E-state index contributed by atoms with van der Waals surface area (Å²) < 4.78 is 0. The van der Waals surface area contributed by atoms with Crippen molar-refractivity contribution >= 4 is 5.78 Å². The lowest BCUT2D eigenvalue weighted by atomic mass is 9.93. The monoisotopic (exact) mass is 246 g/mol. The highest BCUT2D eigenvalue weighted by Crippen LogP contribution is 2.28. The second-order valence-corrected chi connectivity index (χ2v) is 4.95. The summed E-state index contributed by atoms with van der Waals surface area (Å²) in [5.74, 6) is -0.113. The fraction of sp³-hybridized carbons (Fsp3) is 0.571. The van der Waals surface area contributed by atoms with Gasteiger partial charge in [0, 0.05) is 6.54 Å². The van der Waals surface area contributed by atoms with E-state index in [4.69, 9.17) is 6.57 Å². The van der Waals surface area contributed by atoms with E-state index in [1.807, 2.05) is 0 Å². The number of piperidine rings is 1. The van der Waals surface area contributed by atoms with Gasteiger partial charge in [0.2, 0.25) is 5.70 Å². The Kier molecular flexibility index (Phi) is 3.83. The average molecular weight is 246 g/mol. The Morgan fingerprint density at radius 1 is 1.33 bits per heavy atom. The third-order valence-electron chi connectivity index (χ3n) is 3.69. The molecule has 0 bridgehead atoms. The number of rotatable bonds is 2. The SMILES string of the molecule is [C-]#[N+]C1=C(C)C(CN2CCCCC2)=C(O)CC1=O. The highest BCUT2D eigenvalue weighted by atomic mass is 16.3. The van der Waals surface area contributed by atoms with Crippen LogP contribution in [0.3, 0.4) is 0 Å². The van der Waals surface area contributed by atoms with E-state index in [9.17, 15) is 9.90 Å². The number of likely N-dealkylation sites (tertiary alicyclic amines) is 1. The van der Waals surface area contributed by atoms with Gasteiger partial charge in [-0.2, -0.15) is 0 Å². The van der Waals surface area contributed by atoms with E-state index in [2.05, 4.69) is 9.74 Å². The summed E-state index contributed by atoms with van der Waals surface area (Å²) in [4.78, 5) is 17.2. The summed E-state index contributed by atoms with van der Waals surface area (Å²) in [6.07, 6.45) is 3.62. The van der Waals surface area contributed by atoms with Crippen molar-refractivity contribution in [3.8, 4) is 0 Å². The predicted molar refractivity (Wildman–Crippen MR) is 68.9 cm³/mol. The van der Waals surface area contributed by atoms with Gasteiger partial charge in [0.15, 0.2) is 5.78 Å². The van der Waals surface area contributed by atoms with Crippen LogP contribution in [0.2, 0.25) is 0 Å². The van der Waals surface area contributed by atoms with Crippen LogP contribution in [0.1, 0.15) is 32.6 Å². The summed E-state index contributed by atoms with van der Waals surface area (Å²) in [6.45, 7) is 11.5. The van der Waals surface area contributed by atoms with E-state index in [1.165, 1.54) is 19.3 Å². The van der Waals surface area contributed by atoms with E-state index in [0.29, 0.717) is 12.1 Å². The van der Waals surface area contributed by atoms with Crippen LogP contribution in [0.25, 0.3) is 4.85 Å². The van der Waals surface area contributed by atoms with Crippen molar-refractivity contribution in [2.45, 2.75) is 32.6 Å². The summed E-state index contributed by atoms with van der Waals surface area (Å²) in [7, 11) is 0. The summed E-state index contributed by atoms with van der Waals surface area (Å²) in [6, 6.07) is 0. The van der Waals surface area contributed by atoms with Crippen molar-refractivity contribution in [1.29, 1.82) is 0 Å². The number of Topliss-reactive ketones (excluding diaryl/α,β-unsaturated/α-hetero) is 1. The van der Waals surface area contributed by atoms with Crippen LogP contribution in [-0.2, 0) is 4.79 Å². The van der Waals surface area contributed by atoms with E-state index in [-0.39, 0.29) is 23.7 Å². The molecule has 0 unspecified atom stereocenters. The Labute approximate surface area is 107 Å². The zero-order valence-electron chi connectivity index (χ0n) is 10.7. The van der Waals surface area contributed by atoms with Crippen LogP contribution in [0.4, 0.5) is 0 Å². The molecule has 4 heteroatoms. The van der Waals surface area contributed by atoms with Gasteiger partial charge in [-0.25, -0.2) is 4.85 Å². The maximum atomic E-state index is 11.6. The minimum atomic E-state index is -0.262. The van der Waals surface area contributed by atoms with E-state index >= 15 is 0 Å². The Hall–Kier alpha value is -1.60. The van der Waals surface area contributed by atoms with Crippen molar-refractivity contribution in [2.75, 3.05) is 19.6 Å². The quantitative estimate of drug-likeness (QED) is 0.761. The molecule has 0 radical (unpaired) electrons. The second-order valence-electron chi connectivity index (χ2n) is 4.95. The molecule has 1 fully saturated rings. The summed E-state index contributed by atoms with van der Waals surface area (Å²) in [5, 5.41) is 9.95. The van der Waals surface area contributed by atoms with Crippen molar-refractivity contribution in [1.82, 2.24) is 4.90 Å². The molecule has 0 amide bonds. The number of ketones is 1. The first kappa shape index (κ1) is 12.8. The molecule has 0 aromatic rings. The van der Waals surface area contributed by atoms with Crippen LogP contribution in [-0.4, -0.2) is 35.4 Å². The standard InChI is InChI=1S/C14H18N2O2/c1-10-11(9-16-6-4-3-5-7-16)12(17)8-13(18)14(10)15-2/h17H,3-9H2,1H3. The smallest absolute Gasteiger partial charge is 0.232 e. The van der Waals surface area contributed by atoms with Crippen LogP contribution in [0.5, 0.6) is 0 Å². The predicted octanol–water partition coefficient (Wildman–Crippen LogP) is 2.45. The Morgan fingerprint density at radius 3 is 2.61 bits per heavy atom. The van der Waals surface area contributed by atoms with Crippen molar-refractivity contribution < 1.29 is 9.90 Å².